The van der Waals surface area contributed by atoms with Crippen molar-refractivity contribution in [3.8, 4) is 28.7 Å². The van der Waals surface area contributed by atoms with Gasteiger partial charge in [-0.15, -0.1) is 0 Å². The maximum absolute atomic E-state index is 14.3. The second-order valence-corrected chi connectivity index (χ2v) is 10.5. The van der Waals surface area contributed by atoms with Crippen molar-refractivity contribution in [2.24, 2.45) is 5.92 Å². The molecule has 0 spiro atoms. The Kier molecular flexibility index (Phi) is 9.13. The highest BCUT2D eigenvalue weighted by Crippen LogP contribution is 2.46. The minimum atomic E-state index is -0.540. The molecule has 3 aromatic rings. The first kappa shape index (κ1) is 29.9. The molecule has 0 aliphatic carbocycles. The van der Waals surface area contributed by atoms with Crippen molar-refractivity contribution in [1.29, 1.82) is 0 Å². The monoisotopic (exact) mass is 589 g/mol. The number of hydrogen-bond acceptors (Lipinski definition) is 8. The Morgan fingerprint density at radius 1 is 0.698 bits per heavy atom. The second kappa shape index (κ2) is 13.1. The Labute approximate surface area is 252 Å². The lowest BCUT2D eigenvalue weighted by molar-refractivity contribution is -0.138. The van der Waals surface area contributed by atoms with Crippen LogP contribution >= 0.6 is 0 Å². The van der Waals surface area contributed by atoms with Gasteiger partial charge >= 0.3 is 0 Å². The summed E-state index contributed by atoms with van der Waals surface area (Å²) in [5.74, 6) is 2.32. The summed E-state index contributed by atoms with van der Waals surface area (Å²) in [6, 6.07) is 18.5. The Bertz CT molecular complexity index is 1390. The number of piperidine rings is 1. The molecule has 10 nitrogen and oxygen atoms in total. The molecule has 0 saturated carbocycles. The lowest BCUT2D eigenvalue weighted by atomic mass is 9.82. The molecular formula is C33H39N3O7. The third kappa shape index (κ3) is 6.00. The lowest BCUT2D eigenvalue weighted by Gasteiger charge is -2.44. The van der Waals surface area contributed by atoms with E-state index in [1.165, 1.54) is 21.3 Å². The first-order valence-electron chi connectivity index (χ1n) is 14.4. The van der Waals surface area contributed by atoms with E-state index in [0.717, 1.165) is 17.0 Å². The van der Waals surface area contributed by atoms with Crippen LogP contribution in [0.2, 0.25) is 0 Å². The van der Waals surface area contributed by atoms with E-state index in [9.17, 15) is 9.59 Å². The molecule has 0 N–H and O–H groups in total. The lowest BCUT2D eigenvalue weighted by Crippen LogP contribution is -2.54. The fraction of sp³-hybridized carbons (Fsp3) is 0.394. The van der Waals surface area contributed by atoms with Gasteiger partial charge in [0.15, 0.2) is 11.5 Å². The molecule has 2 atom stereocenters. The van der Waals surface area contributed by atoms with Gasteiger partial charge in [0.25, 0.3) is 0 Å². The predicted molar refractivity (Wildman–Crippen MR) is 164 cm³/mol. The van der Waals surface area contributed by atoms with Crippen LogP contribution in [0, 0.1) is 5.92 Å². The quantitative estimate of drug-likeness (QED) is 0.359. The molecule has 3 aromatic carbocycles. The summed E-state index contributed by atoms with van der Waals surface area (Å²) in [7, 11) is 7.88. The molecule has 43 heavy (non-hydrogen) atoms. The molecule has 10 heteroatoms. The Balaban J connectivity index is 1.46. The molecule has 5 rings (SSSR count). The van der Waals surface area contributed by atoms with Crippen molar-refractivity contribution < 1.29 is 33.3 Å². The topological polar surface area (TPSA) is 90.0 Å². The highest BCUT2D eigenvalue weighted by atomic mass is 16.5. The van der Waals surface area contributed by atoms with Crippen molar-refractivity contribution >= 4 is 23.2 Å². The van der Waals surface area contributed by atoms with Gasteiger partial charge in [0.2, 0.25) is 17.6 Å². The van der Waals surface area contributed by atoms with Gasteiger partial charge in [0.1, 0.15) is 11.5 Å². The third-order valence-corrected chi connectivity index (χ3v) is 8.33. The van der Waals surface area contributed by atoms with Crippen LogP contribution in [0.4, 0.5) is 11.4 Å². The van der Waals surface area contributed by atoms with Gasteiger partial charge in [-0.05, 0) is 48.4 Å². The van der Waals surface area contributed by atoms with Crippen LogP contribution in [-0.2, 0) is 9.59 Å². The number of anilines is 2. The summed E-state index contributed by atoms with van der Waals surface area (Å²) < 4.78 is 27.4. The van der Waals surface area contributed by atoms with Crippen molar-refractivity contribution in [1.82, 2.24) is 4.90 Å². The molecule has 2 aliphatic rings. The van der Waals surface area contributed by atoms with E-state index >= 15 is 0 Å². The van der Waals surface area contributed by atoms with Gasteiger partial charge < -0.3 is 38.4 Å². The SMILES string of the molecule is COc1ccc(C2C(C(=O)N3CCN(c4ccc(OC)cc4)CC3)CCC(=O)N2c2cc(OC)c(OC)c(OC)c2)cc1. The average molecular weight is 590 g/mol. The summed E-state index contributed by atoms with van der Waals surface area (Å²) in [5, 5.41) is 0. The summed E-state index contributed by atoms with van der Waals surface area (Å²) in [6.45, 7) is 2.62. The van der Waals surface area contributed by atoms with E-state index in [4.69, 9.17) is 23.7 Å². The van der Waals surface area contributed by atoms with Crippen LogP contribution < -0.4 is 33.5 Å². The smallest absolute Gasteiger partial charge is 0.228 e. The first-order valence-corrected chi connectivity index (χ1v) is 14.4. The summed E-state index contributed by atoms with van der Waals surface area (Å²) in [4.78, 5) is 33.9. The fourth-order valence-corrected chi connectivity index (χ4v) is 6.06. The van der Waals surface area contributed by atoms with Crippen molar-refractivity contribution in [3.63, 3.8) is 0 Å². The van der Waals surface area contributed by atoms with E-state index < -0.39 is 12.0 Å². The molecule has 2 saturated heterocycles. The van der Waals surface area contributed by atoms with Gasteiger partial charge in [0, 0.05) is 50.4 Å². The second-order valence-electron chi connectivity index (χ2n) is 10.5. The van der Waals surface area contributed by atoms with E-state index in [1.807, 2.05) is 53.4 Å². The zero-order valence-electron chi connectivity index (χ0n) is 25.4. The fourth-order valence-electron chi connectivity index (χ4n) is 6.06. The highest BCUT2D eigenvalue weighted by molar-refractivity contribution is 5.98. The predicted octanol–water partition coefficient (Wildman–Crippen LogP) is 4.56. The molecule has 0 bridgehead atoms. The number of nitrogens with zero attached hydrogens (tertiary/aromatic N) is 3. The molecule has 2 amide bonds. The number of carbonyl (C=O) groups is 2. The number of ether oxygens (including phenoxy) is 5. The Morgan fingerprint density at radius 3 is 1.77 bits per heavy atom. The molecule has 0 aromatic heterocycles. The van der Waals surface area contributed by atoms with Crippen LogP contribution in [0.3, 0.4) is 0 Å². The zero-order chi connectivity index (χ0) is 30.5. The normalized spacial score (nSPS) is 18.7. The van der Waals surface area contributed by atoms with Crippen LogP contribution in [0.1, 0.15) is 24.4 Å². The molecule has 2 fully saturated rings. The van der Waals surface area contributed by atoms with E-state index in [2.05, 4.69) is 4.90 Å². The van der Waals surface area contributed by atoms with Gasteiger partial charge in [-0.1, -0.05) is 12.1 Å². The van der Waals surface area contributed by atoms with Crippen molar-refractivity contribution in [3.05, 3.63) is 66.2 Å². The number of amides is 2. The number of benzene rings is 3. The maximum Gasteiger partial charge on any atom is 0.228 e. The van der Waals surface area contributed by atoms with E-state index in [0.29, 0.717) is 61.3 Å². The minimum absolute atomic E-state index is 0.0418. The zero-order valence-corrected chi connectivity index (χ0v) is 25.4. The Morgan fingerprint density at radius 2 is 1.26 bits per heavy atom. The van der Waals surface area contributed by atoms with Crippen LogP contribution in [0.15, 0.2) is 60.7 Å². The number of methoxy groups -OCH3 is 5. The van der Waals surface area contributed by atoms with Crippen LogP contribution in [0.25, 0.3) is 0 Å². The molecular weight excluding hydrogens is 550 g/mol. The molecule has 2 heterocycles. The summed E-state index contributed by atoms with van der Waals surface area (Å²) in [6.07, 6.45) is 0.694. The molecule has 2 aliphatic heterocycles. The first-order chi connectivity index (χ1) is 20.9. The number of hydrogen-bond donors (Lipinski definition) is 0. The van der Waals surface area contributed by atoms with E-state index in [1.54, 1.807) is 31.3 Å². The van der Waals surface area contributed by atoms with E-state index in [-0.39, 0.29) is 18.2 Å². The molecule has 0 radical (unpaired) electrons. The summed E-state index contributed by atoms with van der Waals surface area (Å²) in [5.41, 5.74) is 2.51. The third-order valence-electron chi connectivity index (χ3n) is 8.33. The standard InChI is InChI=1S/C33H39N3O7/c1-39-25-10-6-22(7-11-25)31-27(33(38)35-18-16-34(17-19-35)23-8-12-26(40-2)13-9-23)14-15-30(37)36(31)24-20-28(41-3)32(43-5)29(21-24)42-4/h6-13,20-21,27,31H,14-19H2,1-5H3. The van der Waals surface area contributed by atoms with Crippen LogP contribution in [-0.4, -0.2) is 78.4 Å². The Hall–Kier alpha value is -4.60. The van der Waals surface area contributed by atoms with Crippen molar-refractivity contribution in [2.75, 3.05) is 71.5 Å². The average Bonchev–Trinajstić information content (AvgIpc) is 3.07. The van der Waals surface area contributed by atoms with Gasteiger partial charge in [0.05, 0.1) is 53.2 Å². The van der Waals surface area contributed by atoms with Gasteiger partial charge in [-0.25, -0.2) is 0 Å². The number of rotatable bonds is 9. The maximum atomic E-state index is 14.3. The molecule has 228 valence electrons. The summed E-state index contributed by atoms with van der Waals surface area (Å²) >= 11 is 0. The van der Waals surface area contributed by atoms with Crippen LogP contribution in [0.5, 0.6) is 28.7 Å². The highest BCUT2D eigenvalue weighted by Gasteiger charge is 2.44. The van der Waals surface area contributed by atoms with Crippen molar-refractivity contribution in [2.45, 2.75) is 18.9 Å². The minimum Gasteiger partial charge on any atom is -0.497 e. The molecule has 2 unspecified atom stereocenters. The van der Waals surface area contributed by atoms with Gasteiger partial charge in [-0.2, -0.15) is 0 Å². The number of piperazine rings is 1. The number of carbonyl (C=O) groups excluding carboxylic acids is 2. The largest absolute Gasteiger partial charge is 0.497 e. The van der Waals surface area contributed by atoms with Gasteiger partial charge in [-0.3, -0.25) is 9.59 Å².